The summed E-state index contributed by atoms with van der Waals surface area (Å²) in [5.74, 6) is 6.63. The molecule has 0 amide bonds. The number of methoxy groups -OCH3 is 4. The van der Waals surface area contributed by atoms with Gasteiger partial charge in [0.1, 0.15) is 28.7 Å². The number of fused-ring (bicyclic) bond motifs is 8. The average Bonchev–Trinajstić information content (AvgIpc) is 4.30. The Morgan fingerprint density at radius 2 is 0.676 bits per heavy atom. The van der Waals surface area contributed by atoms with Crippen LogP contribution in [0.3, 0.4) is 0 Å². The van der Waals surface area contributed by atoms with E-state index in [1.807, 2.05) is 121 Å². The van der Waals surface area contributed by atoms with E-state index < -0.39 is 0 Å². The van der Waals surface area contributed by atoms with Gasteiger partial charge in [0.25, 0.3) is 0 Å². The molecule has 5 aromatic carbocycles. The quantitative estimate of drug-likeness (QED) is 0.0780. The third kappa shape index (κ3) is 10.9. The fourth-order valence-electron chi connectivity index (χ4n) is 8.12. The molecule has 0 aliphatic carbocycles. The molecule has 10 aromatic rings. The Labute approximate surface area is 423 Å². The number of nitrogens with zero attached hydrogens (tertiary/aromatic N) is 7. The van der Waals surface area contributed by atoms with Gasteiger partial charge in [-0.05, 0) is 62.9 Å². The van der Waals surface area contributed by atoms with Gasteiger partial charge in [0.2, 0.25) is 0 Å². The Kier molecular flexibility index (Phi) is 15.5. The summed E-state index contributed by atoms with van der Waals surface area (Å²) in [6, 6.07) is 57.2. The van der Waals surface area contributed by atoms with E-state index in [1.54, 1.807) is 65.2 Å². The number of rotatable bonds is 9. The van der Waals surface area contributed by atoms with Crippen molar-refractivity contribution in [1.82, 2.24) is 29.5 Å². The standard InChI is InChI=1S/C48H36N4O4.C6H5NO.C4H6N2.Fe/c1-53-33-13-5-29(6-14-33)45-37-21-23-39(49-37)46(30-7-15-34(54-2)16-8-30)41-25-27-43(51-41)48(32-11-19-36(56-4)20-12-32)44-28-26-42(52-44)47(40-24-22-38(45)50-40)31-9-17-35(55-3)18-10-31;8-7-6-4-2-1-3-5-6;1-6-3-2-5-4-6;/h5-28H,1-4H3;1-5H;2-4H,1H3;. The summed E-state index contributed by atoms with van der Waals surface area (Å²) in [6.45, 7) is 0. The maximum absolute atomic E-state index is 9.76. The van der Waals surface area contributed by atoms with E-state index >= 15 is 0 Å². The maximum Gasteiger partial charge on any atom is 0.134 e. The molecule has 352 valence electrons. The first-order valence-corrected chi connectivity index (χ1v) is 22.3. The zero-order valence-electron chi connectivity index (χ0n) is 39.5. The molecule has 0 saturated carbocycles. The minimum atomic E-state index is 0. The van der Waals surface area contributed by atoms with Crippen molar-refractivity contribution in [2.45, 2.75) is 0 Å². The molecule has 71 heavy (non-hydrogen) atoms. The molecule has 0 atom stereocenters. The second kappa shape index (κ2) is 22.6. The molecular formula is C58H47FeN7O5. The summed E-state index contributed by atoms with van der Waals surface area (Å²) < 4.78 is 24.0. The van der Waals surface area contributed by atoms with Crippen LogP contribution >= 0.6 is 0 Å². The van der Waals surface area contributed by atoms with Crippen LogP contribution in [0, 0.1) is 28.6 Å². The van der Waals surface area contributed by atoms with Crippen LogP contribution < -0.4 is 38.9 Å². The van der Waals surface area contributed by atoms with E-state index in [4.69, 9.17) is 38.9 Å². The number of benzene rings is 5. The summed E-state index contributed by atoms with van der Waals surface area (Å²) in [6.07, 6.45) is 5.39. The minimum Gasteiger partial charge on any atom is -0.628 e. The molecule has 6 heterocycles. The fraction of sp³-hybridized carbons (Fsp3) is 0.0862. The zero-order valence-corrected chi connectivity index (χ0v) is 40.6. The second-order valence-corrected chi connectivity index (χ2v) is 15.9. The van der Waals surface area contributed by atoms with Crippen LogP contribution in [-0.4, -0.2) is 38.0 Å². The molecule has 8 bridgehead atoms. The van der Waals surface area contributed by atoms with Gasteiger partial charge >= 0.3 is 0 Å². The first-order valence-electron chi connectivity index (χ1n) is 22.3. The van der Waals surface area contributed by atoms with Gasteiger partial charge in [0, 0.05) is 206 Å². The zero-order chi connectivity index (χ0) is 48.4. The molecule has 0 radical (unpaired) electrons. The number of nitroso groups, excluding NO2 is 1. The van der Waals surface area contributed by atoms with Crippen molar-refractivity contribution >= 4 is 5.69 Å². The third-order valence-electron chi connectivity index (χ3n) is 11.6. The van der Waals surface area contributed by atoms with Gasteiger partial charge in [0.15, 0.2) is 0 Å². The van der Waals surface area contributed by atoms with E-state index in [0.29, 0.717) is 5.69 Å². The van der Waals surface area contributed by atoms with Gasteiger partial charge in [-0.25, -0.2) is 4.98 Å². The average molecular weight is 978 g/mol. The van der Waals surface area contributed by atoms with Gasteiger partial charge in [-0.15, -0.1) is 4.91 Å². The number of ether oxygens (including phenoxy) is 4. The molecule has 11 rings (SSSR count). The molecular weight excluding hydrogens is 931 g/mol. The molecule has 0 unspecified atom stereocenters. The topological polar surface area (TPSA) is 141 Å². The van der Waals surface area contributed by atoms with Gasteiger partial charge in [-0.3, -0.25) is 0 Å². The third-order valence-corrected chi connectivity index (χ3v) is 11.6. The normalized spacial score (nSPS) is 11.6. The molecule has 5 aromatic heterocycles. The van der Waals surface area contributed by atoms with Crippen LogP contribution in [0.5, 0.6) is 23.0 Å². The van der Waals surface area contributed by atoms with Crippen LogP contribution in [0.2, 0.25) is 0 Å². The maximum atomic E-state index is 9.76. The van der Waals surface area contributed by atoms with Crippen LogP contribution in [0.25, 0.3) is 0 Å². The summed E-state index contributed by atoms with van der Waals surface area (Å²) in [5, 5.41) is 2.72. The number of hydrogen-bond donors (Lipinski definition) is 0. The van der Waals surface area contributed by atoms with Crippen molar-refractivity contribution < 1.29 is 36.0 Å². The van der Waals surface area contributed by atoms with E-state index in [9.17, 15) is 4.91 Å². The van der Waals surface area contributed by atoms with Gasteiger partial charge in [0.05, 0.1) is 57.0 Å². The molecule has 12 nitrogen and oxygen atoms in total. The predicted octanol–water partition coefficient (Wildman–Crippen LogP) is 10.4. The largest absolute Gasteiger partial charge is 0.628 e. The van der Waals surface area contributed by atoms with Gasteiger partial charge in [-0.2, -0.15) is 0 Å². The number of aryl methyl sites for hydroxylation is 1. The Morgan fingerprint density at radius 3 is 0.845 bits per heavy atom. The van der Waals surface area contributed by atoms with Crippen LogP contribution in [0.4, 0.5) is 5.69 Å². The Balaban J connectivity index is 0.000000389. The Hall–Kier alpha value is -8.77. The van der Waals surface area contributed by atoms with Crippen molar-refractivity contribution in [3.8, 4) is 23.0 Å². The molecule has 1 aliphatic heterocycles. The molecule has 0 spiro atoms. The SMILES string of the molecule is COc1ccc([C+]2c3ccc([n-]3)[C+](c3ccc(OC)cc3)c3ccc([n-]3)[C+](c3ccc(OC)cc3)c3ccc([n-]3)[C+](c3ccc(OC)cc3)c3ccc2[n-]3)cc1.Cn1ccnc1.O=Nc1ccccc1.[Fe]. The molecule has 1 aliphatic rings. The van der Waals surface area contributed by atoms with Crippen molar-refractivity contribution in [2.75, 3.05) is 28.4 Å². The van der Waals surface area contributed by atoms with Crippen molar-refractivity contribution in [2.24, 2.45) is 12.2 Å². The van der Waals surface area contributed by atoms with E-state index in [1.165, 1.54) is 0 Å². The number of imidazole rings is 1. The van der Waals surface area contributed by atoms with Crippen molar-refractivity contribution in [3.05, 3.63) is 291 Å². The van der Waals surface area contributed by atoms with Crippen molar-refractivity contribution in [1.29, 1.82) is 0 Å². The monoisotopic (exact) mass is 977 g/mol. The van der Waals surface area contributed by atoms with Gasteiger partial charge < -0.3 is 43.5 Å². The smallest absolute Gasteiger partial charge is 0.134 e. The summed E-state index contributed by atoms with van der Waals surface area (Å²) in [5.41, 5.74) is 10.6. The molecule has 0 fully saturated rings. The second-order valence-electron chi connectivity index (χ2n) is 15.9. The predicted molar refractivity (Wildman–Crippen MR) is 268 cm³/mol. The number of aromatic nitrogens is 6. The molecule has 13 heteroatoms. The molecule has 0 saturated heterocycles. The number of hydrogen-bond acceptors (Lipinski definition) is 7. The van der Waals surface area contributed by atoms with Crippen LogP contribution in [-0.2, 0) is 24.1 Å². The summed E-state index contributed by atoms with van der Waals surface area (Å²) >= 11 is 0. The van der Waals surface area contributed by atoms with Crippen LogP contribution in [0.1, 0.15) is 67.8 Å². The first kappa shape index (κ1) is 48.7. The summed E-state index contributed by atoms with van der Waals surface area (Å²) in [7, 11) is 8.61. The van der Waals surface area contributed by atoms with Crippen molar-refractivity contribution in [3.63, 3.8) is 0 Å². The first-order chi connectivity index (χ1) is 34.4. The van der Waals surface area contributed by atoms with E-state index in [0.717, 1.165) is 114 Å². The molecule has 0 N–H and O–H groups in total. The Morgan fingerprint density at radius 1 is 0.408 bits per heavy atom. The Bertz CT molecular complexity index is 2760. The van der Waals surface area contributed by atoms with E-state index in [2.05, 4.69) is 58.7 Å². The fourth-order valence-corrected chi connectivity index (χ4v) is 8.12. The van der Waals surface area contributed by atoms with E-state index in [-0.39, 0.29) is 17.1 Å². The summed E-state index contributed by atoms with van der Waals surface area (Å²) in [4.78, 5) is 34.9. The van der Waals surface area contributed by atoms with Gasteiger partial charge in [-0.1, -0.05) is 18.2 Å². The minimum absolute atomic E-state index is 0. The van der Waals surface area contributed by atoms with Crippen LogP contribution in [0.15, 0.2) is 200 Å².